The van der Waals surface area contributed by atoms with Crippen LogP contribution in [0.5, 0.6) is 11.5 Å². The number of hydrogen-bond donors (Lipinski definition) is 0. The van der Waals surface area contributed by atoms with Gasteiger partial charge in [0, 0.05) is 6.92 Å². The molecule has 0 amide bonds. The predicted molar refractivity (Wildman–Crippen MR) is 99.1 cm³/mol. The van der Waals surface area contributed by atoms with Crippen LogP contribution in [-0.4, -0.2) is 17.1 Å². The molecule has 8 nitrogen and oxygen atoms in total. The first kappa shape index (κ1) is 23.4. The topological polar surface area (TPSA) is 108 Å². The van der Waals surface area contributed by atoms with Crippen molar-refractivity contribution in [3.63, 3.8) is 0 Å². The third kappa shape index (κ3) is 5.57. The van der Waals surface area contributed by atoms with E-state index in [1.807, 2.05) is 0 Å². The Morgan fingerprint density at radius 2 is 1.80 bits per heavy atom. The Kier molecular flexibility index (Phi) is 7.21. The third-order valence-corrected chi connectivity index (χ3v) is 4.18. The number of rotatable bonds is 7. The molecule has 0 aliphatic heterocycles. The van der Waals surface area contributed by atoms with E-state index in [0.29, 0.717) is 12.1 Å². The Morgan fingerprint density at radius 1 is 1.20 bits per heavy atom. The number of halogens is 5. The zero-order valence-electron chi connectivity index (χ0n) is 14.9. The number of alkyl halides is 3. The van der Waals surface area contributed by atoms with Gasteiger partial charge >= 0.3 is 18.4 Å². The first-order valence-corrected chi connectivity index (χ1v) is 8.67. The SMILES string of the molecule is CC(=O)OC(C(N=O)c1cccc(Oc2c(Cl)cc(C(F)(F)F)cc2Cl)c1)[N+](=O)[O-]. The van der Waals surface area contributed by atoms with E-state index in [1.54, 1.807) is 0 Å². The van der Waals surface area contributed by atoms with E-state index >= 15 is 0 Å². The van der Waals surface area contributed by atoms with Crippen LogP contribution in [0.15, 0.2) is 41.6 Å². The van der Waals surface area contributed by atoms with E-state index in [0.717, 1.165) is 13.0 Å². The van der Waals surface area contributed by atoms with Gasteiger partial charge in [-0.05, 0) is 35.0 Å². The summed E-state index contributed by atoms with van der Waals surface area (Å²) in [6.45, 7) is 0.923. The van der Waals surface area contributed by atoms with Crippen molar-refractivity contribution in [2.24, 2.45) is 5.18 Å². The number of nitrogens with zero attached hydrogens (tertiary/aromatic N) is 2. The van der Waals surface area contributed by atoms with Gasteiger partial charge in [-0.2, -0.15) is 13.2 Å². The van der Waals surface area contributed by atoms with Crippen molar-refractivity contribution in [3.05, 3.63) is 72.6 Å². The summed E-state index contributed by atoms with van der Waals surface area (Å²) >= 11 is 11.7. The number of esters is 1. The summed E-state index contributed by atoms with van der Waals surface area (Å²) in [5, 5.41) is 12.9. The smallest absolute Gasteiger partial charge is 0.416 e. The first-order valence-electron chi connectivity index (χ1n) is 7.91. The van der Waals surface area contributed by atoms with Crippen molar-refractivity contribution in [1.29, 1.82) is 0 Å². The number of carbonyl (C=O) groups excluding carboxylic acids is 1. The summed E-state index contributed by atoms with van der Waals surface area (Å²) in [7, 11) is 0. The van der Waals surface area contributed by atoms with E-state index in [1.165, 1.54) is 18.2 Å². The lowest BCUT2D eigenvalue weighted by atomic mass is 10.1. The number of carbonyl (C=O) groups is 1. The fourth-order valence-electron chi connectivity index (χ4n) is 2.37. The molecule has 160 valence electrons. The van der Waals surface area contributed by atoms with Crippen molar-refractivity contribution in [1.82, 2.24) is 0 Å². The largest absolute Gasteiger partial charge is 0.454 e. The molecule has 2 atom stereocenters. The summed E-state index contributed by atoms with van der Waals surface area (Å²) in [6, 6.07) is 4.62. The van der Waals surface area contributed by atoms with Crippen molar-refractivity contribution < 1.29 is 32.4 Å². The van der Waals surface area contributed by atoms with Gasteiger partial charge in [0.25, 0.3) is 0 Å². The number of hydrogen-bond acceptors (Lipinski definition) is 7. The van der Waals surface area contributed by atoms with E-state index in [2.05, 4.69) is 9.91 Å². The quantitative estimate of drug-likeness (QED) is 0.168. The highest BCUT2D eigenvalue weighted by molar-refractivity contribution is 6.37. The molecule has 0 saturated carbocycles. The van der Waals surface area contributed by atoms with Crippen molar-refractivity contribution in [2.75, 3.05) is 0 Å². The summed E-state index contributed by atoms with van der Waals surface area (Å²) in [5.74, 6) is -1.36. The van der Waals surface area contributed by atoms with Gasteiger partial charge in [0.15, 0.2) is 5.75 Å². The number of nitroso groups, excluding NO2 is 1. The molecular weight excluding hydrogens is 456 g/mol. The normalized spacial score (nSPS) is 13.3. The van der Waals surface area contributed by atoms with Crippen LogP contribution in [0.3, 0.4) is 0 Å². The maximum absolute atomic E-state index is 12.8. The molecule has 2 unspecified atom stereocenters. The predicted octanol–water partition coefficient (Wildman–Crippen LogP) is 5.78. The Hall–Kier alpha value is -2.92. The Bertz CT molecular complexity index is 963. The van der Waals surface area contributed by atoms with Crippen LogP contribution >= 0.6 is 23.2 Å². The van der Waals surface area contributed by atoms with Crippen LogP contribution in [0.2, 0.25) is 10.0 Å². The van der Waals surface area contributed by atoms with Crippen LogP contribution in [0, 0.1) is 15.0 Å². The van der Waals surface area contributed by atoms with Crippen LogP contribution in [0.25, 0.3) is 0 Å². The van der Waals surface area contributed by atoms with Crippen LogP contribution in [0.4, 0.5) is 13.2 Å². The minimum Gasteiger partial charge on any atom is -0.454 e. The molecule has 0 aliphatic rings. The monoisotopic (exact) mass is 466 g/mol. The molecule has 0 heterocycles. The summed E-state index contributed by atoms with van der Waals surface area (Å²) in [6.07, 6.45) is -6.77. The summed E-state index contributed by atoms with van der Waals surface area (Å²) in [5.41, 5.74) is -1.14. The number of nitro groups is 1. The second-order valence-corrected chi connectivity index (χ2v) is 6.59. The van der Waals surface area contributed by atoms with Gasteiger partial charge in [0.2, 0.25) is 6.04 Å². The van der Waals surface area contributed by atoms with Gasteiger partial charge in [-0.15, -0.1) is 4.91 Å². The van der Waals surface area contributed by atoms with Crippen molar-refractivity contribution in [3.8, 4) is 11.5 Å². The van der Waals surface area contributed by atoms with Gasteiger partial charge in [0.1, 0.15) is 5.75 Å². The van der Waals surface area contributed by atoms with Gasteiger partial charge in [-0.3, -0.25) is 14.9 Å². The zero-order chi connectivity index (χ0) is 22.6. The van der Waals surface area contributed by atoms with E-state index < -0.39 is 44.9 Å². The van der Waals surface area contributed by atoms with Crippen LogP contribution < -0.4 is 4.74 Å². The molecule has 2 aromatic rings. The van der Waals surface area contributed by atoms with Gasteiger partial charge in [0.05, 0.1) is 20.5 Å². The Labute approximate surface area is 176 Å². The minimum atomic E-state index is -4.68. The maximum atomic E-state index is 12.8. The molecule has 30 heavy (non-hydrogen) atoms. The molecule has 0 spiro atoms. The molecule has 0 aliphatic carbocycles. The second kappa shape index (κ2) is 9.26. The number of benzene rings is 2. The molecule has 2 aromatic carbocycles. The molecular formula is C17H11Cl2F3N2O6. The molecule has 0 radical (unpaired) electrons. The fourth-order valence-corrected chi connectivity index (χ4v) is 2.94. The lowest BCUT2D eigenvalue weighted by molar-refractivity contribution is -0.572. The molecule has 2 rings (SSSR count). The summed E-state index contributed by atoms with van der Waals surface area (Å²) in [4.78, 5) is 32.5. The average Bonchev–Trinajstić information content (AvgIpc) is 2.63. The average molecular weight is 467 g/mol. The molecule has 13 heteroatoms. The third-order valence-electron chi connectivity index (χ3n) is 3.62. The standard InChI is InChI=1S/C17H11Cl2F3N2O6/c1-8(25)29-16(24(27)28)14(23-26)9-3-2-4-11(5-9)30-15-12(18)6-10(7-13(15)19)17(20,21)22/h2-7,14,16H,1H3. The molecule has 0 N–H and O–H groups in total. The van der Waals surface area contributed by atoms with Crippen LogP contribution in [0.1, 0.15) is 24.1 Å². The van der Waals surface area contributed by atoms with Gasteiger partial charge in [-0.25, -0.2) is 0 Å². The molecule has 0 aromatic heterocycles. The Balaban J connectivity index is 2.39. The van der Waals surface area contributed by atoms with E-state index in [4.69, 9.17) is 27.9 Å². The zero-order valence-corrected chi connectivity index (χ0v) is 16.4. The molecule has 0 saturated heterocycles. The lowest BCUT2D eigenvalue weighted by Gasteiger charge is -2.16. The van der Waals surface area contributed by atoms with Gasteiger partial charge in [-0.1, -0.05) is 35.3 Å². The van der Waals surface area contributed by atoms with E-state index in [9.17, 15) is 33.0 Å². The van der Waals surface area contributed by atoms with Crippen molar-refractivity contribution >= 4 is 29.2 Å². The molecule has 0 bridgehead atoms. The lowest BCUT2D eigenvalue weighted by Crippen LogP contribution is -2.31. The highest BCUT2D eigenvalue weighted by atomic mass is 35.5. The van der Waals surface area contributed by atoms with Gasteiger partial charge < -0.3 is 9.47 Å². The highest BCUT2D eigenvalue weighted by Crippen LogP contribution is 2.42. The molecule has 0 fully saturated rings. The summed E-state index contributed by atoms with van der Waals surface area (Å²) < 4.78 is 48.4. The second-order valence-electron chi connectivity index (χ2n) is 5.78. The Morgan fingerprint density at radius 3 is 2.27 bits per heavy atom. The number of ether oxygens (including phenoxy) is 2. The van der Waals surface area contributed by atoms with Crippen LogP contribution in [-0.2, 0) is 15.7 Å². The minimum absolute atomic E-state index is 0.0513. The fraction of sp³-hybridized carbons (Fsp3) is 0.235. The maximum Gasteiger partial charge on any atom is 0.416 e. The highest BCUT2D eigenvalue weighted by Gasteiger charge is 2.37. The van der Waals surface area contributed by atoms with Crippen molar-refractivity contribution in [2.45, 2.75) is 25.4 Å². The first-order chi connectivity index (χ1) is 13.9. The van der Waals surface area contributed by atoms with E-state index in [-0.39, 0.29) is 17.1 Å².